The molecule has 6 aromatic rings. The minimum atomic E-state index is -3.73. The van der Waals surface area contributed by atoms with E-state index >= 15 is 0 Å². The molecule has 3 aromatic heterocycles. The van der Waals surface area contributed by atoms with Gasteiger partial charge in [-0.15, -0.1) is 0 Å². The normalized spacial score (nSPS) is 14.5. The minimum absolute atomic E-state index is 0.240. The standard InChI is InChI=1S/C33H31N7O2S/c1-23-13-15-25(16-14-23)22-29-35-32(30-24(2)37-40(33(30)36-29)27-10-4-3-5-11-27)38-18-20-39(21-19-38)43(41,42)28-12-6-8-26-9-7-17-34-31(26)28/h3-17H,18-22H2,1-2H3. The molecule has 9 nitrogen and oxygen atoms in total. The third kappa shape index (κ3) is 5.02. The predicted octanol–water partition coefficient (Wildman–Crippen LogP) is 5.08. The van der Waals surface area contributed by atoms with Gasteiger partial charge >= 0.3 is 0 Å². The van der Waals surface area contributed by atoms with Crippen LogP contribution in [0.25, 0.3) is 27.6 Å². The molecule has 4 heterocycles. The lowest BCUT2D eigenvalue weighted by Gasteiger charge is -2.35. The Hall–Kier alpha value is -4.67. The van der Waals surface area contributed by atoms with Crippen molar-refractivity contribution < 1.29 is 8.42 Å². The first kappa shape index (κ1) is 27.2. The van der Waals surface area contributed by atoms with Gasteiger partial charge in [-0.2, -0.15) is 9.40 Å². The first-order valence-electron chi connectivity index (χ1n) is 14.3. The van der Waals surface area contributed by atoms with Gasteiger partial charge < -0.3 is 4.90 Å². The fourth-order valence-electron chi connectivity index (χ4n) is 5.71. The molecule has 0 radical (unpaired) electrons. The van der Waals surface area contributed by atoms with Gasteiger partial charge in [0.1, 0.15) is 16.5 Å². The molecule has 1 aliphatic heterocycles. The topological polar surface area (TPSA) is 97.1 Å². The van der Waals surface area contributed by atoms with Gasteiger partial charge in [-0.05, 0) is 43.7 Å². The van der Waals surface area contributed by atoms with Crippen LogP contribution >= 0.6 is 0 Å². The summed E-state index contributed by atoms with van der Waals surface area (Å²) in [4.78, 5) is 16.9. The van der Waals surface area contributed by atoms with Gasteiger partial charge in [0.25, 0.3) is 0 Å². The highest BCUT2D eigenvalue weighted by atomic mass is 32.2. The van der Waals surface area contributed by atoms with E-state index < -0.39 is 10.0 Å². The van der Waals surface area contributed by atoms with Gasteiger partial charge in [-0.3, -0.25) is 4.98 Å². The van der Waals surface area contributed by atoms with Crippen LogP contribution in [-0.4, -0.2) is 63.6 Å². The molecule has 3 aromatic carbocycles. The fourth-order valence-corrected chi connectivity index (χ4v) is 7.30. The van der Waals surface area contributed by atoms with E-state index in [1.54, 1.807) is 22.6 Å². The third-order valence-corrected chi connectivity index (χ3v) is 9.90. The highest BCUT2D eigenvalue weighted by Gasteiger charge is 2.32. The molecule has 1 fully saturated rings. The van der Waals surface area contributed by atoms with E-state index in [0.29, 0.717) is 43.9 Å². The number of anilines is 1. The van der Waals surface area contributed by atoms with Crippen LogP contribution in [0.1, 0.15) is 22.6 Å². The van der Waals surface area contributed by atoms with Crippen LogP contribution in [0, 0.1) is 13.8 Å². The molecule has 43 heavy (non-hydrogen) atoms. The van der Waals surface area contributed by atoms with Crippen molar-refractivity contribution in [1.82, 2.24) is 29.0 Å². The Balaban J connectivity index is 1.25. The second-order valence-corrected chi connectivity index (χ2v) is 12.8. The number of piperazine rings is 1. The number of hydrogen-bond acceptors (Lipinski definition) is 7. The quantitative estimate of drug-likeness (QED) is 0.267. The molecule has 10 heteroatoms. The number of aryl methyl sites for hydroxylation is 2. The van der Waals surface area contributed by atoms with E-state index in [4.69, 9.17) is 15.1 Å². The number of benzene rings is 3. The number of fused-ring (bicyclic) bond motifs is 2. The molecule has 1 saturated heterocycles. The zero-order chi connectivity index (χ0) is 29.6. The Kier molecular flexibility index (Phi) is 6.87. The van der Waals surface area contributed by atoms with Crippen LogP contribution in [0.15, 0.2) is 96.0 Å². The summed E-state index contributed by atoms with van der Waals surface area (Å²) >= 11 is 0. The number of pyridine rings is 1. The second kappa shape index (κ2) is 10.9. The lowest BCUT2D eigenvalue weighted by molar-refractivity contribution is 0.384. The van der Waals surface area contributed by atoms with Crippen molar-refractivity contribution >= 4 is 37.8 Å². The Labute approximate surface area is 250 Å². The van der Waals surface area contributed by atoms with Crippen LogP contribution in [0.3, 0.4) is 0 Å². The molecule has 0 N–H and O–H groups in total. The Morgan fingerprint density at radius 2 is 1.53 bits per heavy atom. The summed E-state index contributed by atoms with van der Waals surface area (Å²) in [7, 11) is -3.73. The third-order valence-electron chi connectivity index (χ3n) is 7.96. The number of sulfonamides is 1. The molecule has 0 unspecified atom stereocenters. The molecule has 0 saturated carbocycles. The number of aromatic nitrogens is 5. The van der Waals surface area contributed by atoms with Gasteiger partial charge in [0.05, 0.1) is 22.3 Å². The van der Waals surface area contributed by atoms with Gasteiger partial charge in [0.15, 0.2) is 5.65 Å². The molecule has 0 atom stereocenters. The number of para-hydroxylation sites is 2. The summed E-state index contributed by atoms with van der Waals surface area (Å²) < 4.78 is 31.0. The highest BCUT2D eigenvalue weighted by Crippen LogP contribution is 2.31. The van der Waals surface area contributed by atoms with Gasteiger partial charge in [0, 0.05) is 44.2 Å². The average molecular weight is 590 g/mol. The minimum Gasteiger partial charge on any atom is -0.353 e. The molecule has 0 spiro atoms. The van der Waals surface area contributed by atoms with Crippen LogP contribution in [-0.2, 0) is 16.4 Å². The smallest absolute Gasteiger partial charge is 0.245 e. The van der Waals surface area contributed by atoms with Gasteiger partial charge in [0.2, 0.25) is 10.0 Å². The van der Waals surface area contributed by atoms with Crippen molar-refractivity contribution in [3.8, 4) is 5.69 Å². The number of nitrogens with zero attached hydrogens (tertiary/aromatic N) is 7. The second-order valence-electron chi connectivity index (χ2n) is 10.9. The van der Waals surface area contributed by atoms with Crippen LogP contribution in [0.4, 0.5) is 5.82 Å². The highest BCUT2D eigenvalue weighted by molar-refractivity contribution is 7.89. The fraction of sp³-hybridized carbons (Fsp3) is 0.212. The molecule has 0 aliphatic carbocycles. The maximum absolute atomic E-state index is 13.8. The van der Waals surface area contributed by atoms with Crippen LogP contribution in [0.2, 0.25) is 0 Å². The monoisotopic (exact) mass is 589 g/mol. The number of rotatable bonds is 6. The maximum Gasteiger partial charge on any atom is 0.245 e. The molecule has 0 bridgehead atoms. The van der Waals surface area contributed by atoms with Crippen molar-refractivity contribution in [2.24, 2.45) is 0 Å². The van der Waals surface area contributed by atoms with Crippen molar-refractivity contribution in [3.63, 3.8) is 0 Å². The van der Waals surface area contributed by atoms with Crippen molar-refractivity contribution in [2.75, 3.05) is 31.1 Å². The number of hydrogen-bond donors (Lipinski definition) is 0. The SMILES string of the molecule is Cc1ccc(Cc2nc(N3CCN(S(=O)(=O)c4cccc5cccnc45)CC3)c3c(C)nn(-c4ccccc4)c3n2)cc1. The Morgan fingerprint density at radius 3 is 2.30 bits per heavy atom. The van der Waals surface area contributed by atoms with E-state index in [-0.39, 0.29) is 4.90 Å². The van der Waals surface area contributed by atoms with Crippen molar-refractivity contribution in [3.05, 3.63) is 114 Å². The van der Waals surface area contributed by atoms with E-state index in [0.717, 1.165) is 39.2 Å². The first-order valence-corrected chi connectivity index (χ1v) is 15.8. The molecule has 0 amide bonds. The first-order chi connectivity index (χ1) is 20.9. The average Bonchev–Trinajstić information content (AvgIpc) is 3.38. The summed E-state index contributed by atoms with van der Waals surface area (Å²) in [6.07, 6.45) is 2.20. The molecular weight excluding hydrogens is 558 g/mol. The zero-order valence-electron chi connectivity index (χ0n) is 24.1. The molecule has 216 valence electrons. The zero-order valence-corrected chi connectivity index (χ0v) is 24.9. The van der Waals surface area contributed by atoms with Crippen LogP contribution in [0.5, 0.6) is 0 Å². The summed E-state index contributed by atoms with van der Waals surface area (Å²) in [5.41, 5.74) is 5.31. The molecule has 1 aliphatic rings. The van der Waals surface area contributed by atoms with Gasteiger partial charge in [-0.1, -0.05) is 66.2 Å². The lowest BCUT2D eigenvalue weighted by Crippen LogP contribution is -2.49. The Morgan fingerprint density at radius 1 is 0.791 bits per heavy atom. The van der Waals surface area contributed by atoms with E-state index in [2.05, 4.69) is 41.1 Å². The summed E-state index contributed by atoms with van der Waals surface area (Å²) in [5.74, 6) is 1.48. The lowest BCUT2D eigenvalue weighted by atomic mass is 10.1. The summed E-state index contributed by atoms with van der Waals surface area (Å²) in [6, 6.07) is 27.4. The molecule has 7 rings (SSSR count). The van der Waals surface area contributed by atoms with Crippen LogP contribution < -0.4 is 4.90 Å². The van der Waals surface area contributed by atoms with E-state index in [1.807, 2.05) is 60.1 Å². The molecular formula is C33H31N7O2S. The van der Waals surface area contributed by atoms with Crippen molar-refractivity contribution in [1.29, 1.82) is 0 Å². The van der Waals surface area contributed by atoms with E-state index in [1.165, 1.54) is 5.56 Å². The summed E-state index contributed by atoms with van der Waals surface area (Å²) in [5, 5.41) is 6.56. The van der Waals surface area contributed by atoms with E-state index in [9.17, 15) is 8.42 Å². The largest absolute Gasteiger partial charge is 0.353 e. The summed E-state index contributed by atoms with van der Waals surface area (Å²) in [6.45, 7) is 5.68. The van der Waals surface area contributed by atoms with Gasteiger partial charge in [-0.25, -0.2) is 23.1 Å². The Bertz CT molecular complexity index is 2050. The van der Waals surface area contributed by atoms with Crippen molar-refractivity contribution in [2.45, 2.75) is 25.2 Å². The predicted molar refractivity (Wildman–Crippen MR) is 168 cm³/mol. The maximum atomic E-state index is 13.8.